The van der Waals surface area contributed by atoms with Crippen LogP contribution in [0.1, 0.15) is 71.9 Å². The molecule has 1 amide bonds. The van der Waals surface area contributed by atoms with E-state index in [4.69, 9.17) is 5.73 Å². The van der Waals surface area contributed by atoms with Gasteiger partial charge in [0.2, 0.25) is 0 Å². The van der Waals surface area contributed by atoms with E-state index in [1.165, 1.54) is 12.1 Å². The molecule has 188 valence electrons. The number of hydrogen-bond donors (Lipinski definition) is 2. The Morgan fingerprint density at radius 2 is 1.92 bits per heavy atom. The number of carbonyl (C=O) groups excluding carboxylic acids is 2. The van der Waals surface area contributed by atoms with Crippen molar-refractivity contribution < 1.29 is 18.4 Å². The van der Waals surface area contributed by atoms with Gasteiger partial charge >= 0.3 is 0 Å². The number of halogens is 2. The van der Waals surface area contributed by atoms with Crippen LogP contribution in [0.2, 0.25) is 0 Å². The monoisotopic (exact) mass is 510 g/mol. The zero-order chi connectivity index (χ0) is 26.0. The van der Waals surface area contributed by atoms with Gasteiger partial charge in [0.15, 0.2) is 5.78 Å². The number of anilines is 1. The molecule has 1 aliphatic rings. The van der Waals surface area contributed by atoms with Crippen molar-refractivity contribution in [1.29, 1.82) is 0 Å². The van der Waals surface area contributed by atoms with E-state index < -0.39 is 17.5 Å². The molecule has 4 rings (SSSR count). The molecule has 0 saturated heterocycles. The van der Waals surface area contributed by atoms with Crippen LogP contribution in [0.5, 0.6) is 0 Å². The smallest absolute Gasteiger partial charge is 0.274 e. The van der Waals surface area contributed by atoms with Crippen LogP contribution in [0.4, 0.5) is 14.5 Å². The van der Waals surface area contributed by atoms with E-state index in [2.05, 4.69) is 31.4 Å². The third kappa shape index (κ3) is 5.50. The molecule has 1 aromatic carbocycles. The molecule has 0 spiro atoms. The van der Waals surface area contributed by atoms with E-state index >= 15 is 0 Å². The lowest BCUT2D eigenvalue weighted by molar-refractivity contribution is 0.0986. The molecule has 3 aromatic rings. The van der Waals surface area contributed by atoms with Crippen molar-refractivity contribution in [2.24, 2.45) is 11.7 Å². The Morgan fingerprint density at radius 3 is 2.61 bits per heavy atom. The molecule has 6 nitrogen and oxygen atoms in total. The Balaban J connectivity index is 1.65. The zero-order valence-corrected chi connectivity index (χ0v) is 21.4. The number of ketones is 1. The molecule has 1 aliphatic carbocycles. The quantitative estimate of drug-likeness (QED) is 0.359. The van der Waals surface area contributed by atoms with Gasteiger partial charge in [-0.3, -0.25) is 14.6 Å². The molecule has 1 saturated carbocycles. The topological polar surface area (TPSA) is 98.0 Å². The average Bonchev–Trinajstić information content (AvgIpc) is 2.83. The third-order valence-electron chi connectivity index (χ3n) is 6.60. The predicted molar refractivity (Wildman–Crippen MR) is 139 cm³/mol. The summed E-state index contributed by atoms with van der Waals surface area (Å²) in [5.41, 5.74) is 7.42. The third-order valence-corrected chi connectivity index (χ3v) is 7.06. The van der Waals surface area contributed by atoms with Crippen molar-refractivity contribution >= 4 is 31.9 Å². The molecule has 1 fully saturated rings. The molecule has 2 aromatic heterocycles. The summed E-state index contributed by atoms with van der Waals surface area (Å²) in [6.07, 6.45) is 6.20. The SMILES string of the molecule is CCC(=O)c1cc(F)c(-c2nc(C(=O)Nc3cnccc3[C@@H]3C[C@H](C)C[C@H](N)C3)ccc2F)c(P)c1. The van der Waals surface area contributed by atoms with E-state index in [9.17, 15) is 18.4 Å². The van der Waals surface area contributed by atoms with Crippen molar-refractivity contribution in [2.45, 2.75) is 51.5 Å². The number of rotatable bonds is 6. The molecular weight excluding hydrogens is 481 g/mol. The van der Waals surface area contributed by atoms with Crippen molar-refractivity contribution in [2.75, 3.05) is 5.32 Å². The van der Waals surface area contributed by atoms with Crippen LogP contribution < -0.4 is 16.4 Å². The van der Waals surface area contributed by atoms with Crippen molar-refractivity contribution in [3.8, 4) is 11.3 Å². The minimum Gasteiger partial charge on any atom is -0.328 e. The number of Topliss-reactive ketones (excluding diaryl/α,β-unsaturated/α-hetero) is 1. The van der Waals surface area contributed by atoms with Gasteiger partial charge in [0.05, 0.1) is 11.9 Å². The molecule has 36 heavy (non-hydrogen) atoms. The molecule has 2 heterocycles. The number of nitrogens with zero attached hydrogens (tertiary/aromatic N) is 2. The fourth-order valence-corrected chi connectivity index (χ4v) is 5.40. The summed E-state index contributed by atoms with van der Waals surface area (Å²) in [5, 5.41) is 3.11. The van der Waals surface area contributed by atoms with Gasteiger partial charge in [-0.2, -0.15) is 0 Å². The Hall–Kier alpha value is -3.09. The van der Waals surface area contributed by atoms with Crippen LogP contribution in [-0.2, 0) is 0 Å². The summed E-state index contributed by atoms with van der Waals surface area (Å²) < 4.78 is 29.7. The van der Waals surface area contributed by atoms with Gasteiger partial charge in [0.25, 0.3) is 5.91 Å². The molecule has 0 bridgehead atoms. The molecule has 9 heteroatoms. The summed E-state index contributed by atoms with van der Waals surface area (Å²) >= 11 is 0. The van der Waals surface area contributed by atoms with E-state index in [-0.39, 0.29) is 52.0 Å². The summed E-state index contributed by atoms with van der Waals surface area (Å²) in [4.78, 5) is 33.4. The zero-order valence-electron chi connectivity index (χ0n) is 20.2. The van der Waals surface area contributed by atoms with Gasteiger partial charge < -0.3 is 11.1 Å². The summed E-state index contributed by atoms with van der Waals surface area (Å²) in [6, 6.07) is 6.84. The first-order chi connectivity index (χ1) is 17.2. The van der Waals surface area contributed by atoms with Crippen molar-refractivity contribution in [3.63, 3.8) is 0 Å². The van der Waals surface area contributed by atoms with Gasteiger partial charge in [-0.15, -0.1) is 9.24 Å². The van der Waals surface area contributed by atoms with E-state index in [0.29, 0.717) is 11.6 Å². The second-order valence-corrected chi connectivity index (χ2v) is 10.0. The minimum absolute atomic E-state index is 0.0765. The van der Waals surface area contributed by atoms with Crippen molar-refractivity contribution in [1.82, 2.24) is 9.97 Å². The molecular formula is C27H29F2N4O2P. The molecule has 3 N–H and O–H groups in total. The number of hydrogen-bond acceptors (Lipinski definition) is 5. The van der Waals surface area contributed by atoms with Gasteiger partial charge in [-0.1, -0.05) is 13.8 Å². The largest absolute Gasteiger partial charge is 0.328 e. The van der Waals surface area contributed by atoms with Gasteiger partial charge in [-0.25, -0.2) is 13.8 Å². The second-order valence-electron chi connectivity index (χ2n) is 9.41. The highest BCUT2D eigenvalue weighted by molar-refractivity contribution is 7.28. The van der Waals surface area contributed by atoms with Gasteiger partial charge in [-0.05, 0) is 72.3 Å². The highest BCUT2D eigenvalue weighted by Gasteiger charge is 2.28. The van der Waals surface area contributed by atoms with E-state index in [0.717, 1.165) is 37.0 Å². The fourth-order valence-electron chi connectivity index (χ4n) is 4.95. The van der Waals surface area contributed by atoms with E-state index in [1.807, 2.05) is 6.07 Å². The lowest BCUT2D eigenvalue weighted by atomic mass is 9.76. The number of benzene rings is 1. The molecule has 0 radical (unpaired) electrons. The summed E-state index contributed by atoms with van der Waals surface area (Å²) in [5.74, 6) is -1.73. The first kappa shape index (κ1) is 26.0. The Labute approximate surface area is 211 Å². The van der Waals surface area contributed by atoms with Crippen LogP contribution in [0.3, 0.4) is 0 Å². The molecule has 1 unspecified atom stereocenters. The summed E-state index contributed by atoms with van der Waals surface area (Å²) in [6.45, 7) is 3.84. The number of amides is 1. The highest BCUT2D eigenvalue weighted by atomic mass is 31.0. The first-order valence-corrected chi connectivity index (χ1v) is 12.6. The maximum atomic E-state index is 15.0. The minimum atomic E-state index is -0.791. The van der Waals surface area contributed by atoms with E-state index in [1.54, 1.807) is 19.3 Å². The highest BCUT2D eigenvalue weighted by Crippen LogP contribution is 2.38. The molecule has 4 atom stereocenters. The first-order valence-electron chi connectivity index (χ1n) is 12.0. The Kier molecular flexibility index (Phi) is 7.86. The summed E-state index contributed by atoms with van der Waals surface area (Å²) in [7, 11) is 2.31. The van der Waals surface area contributed by atoms with Crippen LogP contribution >= 0.6 is 9.24 Å². The standard InChI is InChI=1S/C27H29F2N4O2P/c1-3-23(34)16-11-20(29)25(24(36)12-16)26-19(28)4-5-21(32-26)27(35)33-22-13-31-7-6-18(22)15-8-14(2)9-17(30)10-15/h4-7,11-15,17H,3,8-10,30,36H2,1-2H3,(H,33,35)/t14-,15+,17-/m0/s1. The average molecular weight is 511 g/mol. The van der Waals surface area contributed by atoms with Crippen LogP contribution in [0.15, 0.2) is 42.7 Å². The number of nitrogens with two attached hydrogens (primary N) is 1. The van der Waals surface area contributed by atoms with Crippen LogP contribution in [0, 0.1) is 17.6 Å². The Bertz CT molecular complexity index is 1280. The number of aromatic nitrogens is 2. The number of carbonyl (C=O) groups is 2. The van der Waals surface area contributed by atoms with Gasteiger partial charge in [0, 0.05) is 29.8 Å². The lowest BCUT2D eigenvalue weighted by Crippen LogP contribution is -2.31. The number of pyridine rings is 2. The number of nitrogens with one attached hydrogen (secondary N) is 1. The molecule has 0 aliphatic heterocycles. The second kappa shape index (κ2) is 10.9. The maximum absolute atomic E-state index is 15.0. The predicted octanol–water partition coefficient (Wildman–Crippen LogP) is 5.00. The fraction of sp³-hybridized carbons (Fsp3) is 0.333. The maximum Gasteiger partial charge on any atom is 0.274 e. The lowest BCUT2D eigenvalue weighted by Gasteiger charge is -2.32. The Morgan fingerprint density at radius 1 is 1.14 bits per heavy atom. The normalized spacial score (nSPS) is 19.7. The van der Waals surface area contributed by atoms with Gasteiger partial charge in [0.1, 0.15) is 23.0 Å². The van der Waals surface area contributed by atoms with Crippen LogP contribution in [-0.4, -0.2) is 27.7 Å². The van der Waals surface area contributed by atoms with Crippen LogP contribution in [0.25, 0.3) is 11.3 Å². The van der Waals surface area contributed by atoms with Crippen molar-refractivity contribution in [3.05, 3.63) is 71.2 Å².